The molecule has 1 heterocycles. The number of para-hydroxylation sites is 2. The van der Waals surface area contributed by atoms with Crippen LogP contribution >= 0.6 is 7.82 Å². The van der Waals surface area contributed by atoms with Crippen molar-refractivity contribution in [3.63, 3.8) is 0 Å². The SMILES string of the molecule is CCC(=O)NCCNC(=O)c1nc2ccccc2nc1OP(=O)(O)O. The molecule has 4 N–H and O–H groups in total. The van der Waals surface area contributed by atoms with Crippen LogP contribution in [0.15, 0.2) is 24.3 Å². The smallest absolute Gasteiger partial charge is 0.383 e. The maximum absolute atomic E-state index is 12.2. The van der Waals surface area contributed by atoms with Gasteiger partial charge in [-0.05, 0) is 12.1 Å². The predicted molar refractivity (Wildman–Crippen MR) is 87.8 cm³/mol. The fourth-order valence-electron chi connectivity index (χ4n) is 1.89. The highest BCUT2D eigenvalue weighted by Gasteiger charge is 2.24. The van der Waals surface area contributed by atoms with Crippen LogP contribution in [0.5, 0.6) is 5.88 Å². The predicted octanol–water partition coefficient (Wildman–Crippen LogP) is 0.357. The molecule has 0 atom stereocenters. The van der Waals surface area contributed by atoms with E-state index in [-0.39, 0.29) is 24.7 Å². The summed E-state index contributed by atoms with van der Waals surface area (Å²) in [5, 5.41) is 5.06. The minimum Gasteiger partial charge on any atom is -0.383 e. The van der Waals surface area contributed by atoms with Crippen LogP contribution in [0.25, 0.3) is 11.0 Å². The van der Waals surface area contributed by atoms with Gasteiger partial charge < -0.3 is 15.2 Å². The molecule has 2 aromatic rings. The van der Waals surface area contributed by atoms with Crippen molar-refractivity contribution in [1.29, 1.82) is 0 Å². The highest BCUT2D eigenvalue weighted by molar-refractivity contribution is 7.46. The van der Waals surface area contributed by atoms with Crippen LogP contribution in [0, 0.1) is 0 Å². The summed E-state index contributed by atoms with van der Waals surface area (Å²) in [5.74, 6) is -1.46. The van der Waals surface area contributed by atoms with Crippen molar-refractivity contribution in [3.8, 4) is 5.88 Å². The van der Waals surface area contributed by atoms with Gasteiger partial charge in [0.2, 0.25) is 5.91 Å². The molecule has 1 aromatic heterocycles. The first-order chi connectivity index (χ1) is 11.8. The zero-order valence-corrected chi connectivity index (χ0v) is 14.2. The summed E-state index contributed by atoms with van der Waals surface area (Å²) in [4.78, 5) is 49.4. The van der Waals surface area contributed by atoms with Gasteiger partial charge in [-0.25, -0.2) is 14.5 Å². The van der Waals surface area contributed by atoms with Crippen molar-refractivity contribution in [3.05, 3.63) is 30.0 Å². The van der Waals surface area contributed by atoms with E-state index < -0.39 is 19.6 Å². The molecule has 11 heteroatoms. The minimum atomic E-state index is -4.92. The average Bonchev–Trinajstić information content (AvgIpc) is 2.56. The van der Waals surface area contributed by atoms with Gasteiger partial charge in [0.05, 0.1) is 11.0 Å². The first-order valence-corrected chi connectivity index (χ1v) is 8.90. The van der Waals surface area contributed by atoms with Gasteiger partial charge in [-0.3, -0.25) is 19.4 Å². The maximum Gasteiger partial charge on any atom is 0.526 e. The van der Waals surface area contributed by atoms with Crippen LogP contribution < -0.4 is 15.2 Å². The Balaban J connectivity index is 2.21. The summed E-state index contributed by atoms with van der Waals surface area (Å²) in [5.41, 5.74) is 0.326. The van der Waals surface area contributed by atoms with Gasteiger partial charge >= 0.3 is 7.82 Å². The maximum atomic E-state index is 12.2. The van der Waals surface area contributed by atoms with Crippen LogP contribution in [-0.2, 0) is 9.36 Å². The van der Waals surface area contributed by atoms with Gasteiger partial charge in [0.15, 0.2) is 5.69 Å². The fourth-order valence-corrected chi connectivity index (χ4v) is 2.25. The van der Waals surface area contributed by atoms with Gasteiger partial charge in [-0.2, -0.15) is 0 Å². The van der Waals surface area contributed by atoms with Gasteiger partial charge in [0, 0.05) is 19.5 Å². The van der Waals surface area contributed by atoms with E-state index in [4.69, 9.17) is 9.79 Å². The van der Waals surface area contributed by atoms with Gasteiger partial charge in [-0.1, -0.05) is 19.1 Å². The molecular formula is C14H17N4O6P. The van der Waals surface area contributed by atoms with Crippen LogP contribution in [0.2, 0.25) is 0 Å². The Morgan fingerprint density at radius 2 is 1.72 bits per heavy atom. The van der Waals surface area contributed by atoms with E-state index in [0.29, 0.717) is 17.5 Å². The number of aromatic nitrogens is 2. The van der Waals surface area contributed by atoms with Crippen LogP contribution in [0.1, 0.15) is 23.8 Å². The largest absolute Gasteiger partial charge is 0.526 e. The number of nitrogens with one attached hydrogen (secondary N) is 2. The minimum absolute atomic E-state index is 0.106. The molecular weight excluding hydrogens is 351 g/mol. The van der Waals surface area contributed by atoms with Crippen LogP contribution in [0.4, 0.5) is 0 Å². The van der Waals surface area contributed by atoms with Gasteiger partial charge in [0.1, 0.15) is 0 Å². The van der Waals surface area contributed by atoms with Gasteiger partial charge in [-0.15, -0.1) is 0 Å². The number of phosphoric ester groups is 1. The van der Waals surface area contributed by atoms with Crippen molar-refractivity contribution >= 4 is 30.7 Å². The van der Waals surface area contributed by atoms with Crippen LogP contribution in [0.3, 0.4) is 0 Å². The molecule has 0 aliphatic rings. The number of amides is 2. The highest BCUT2D eigenvalue weighted by Crippen LogP contribution is 2.38. The molecule has 134 valence electrons. The third-order valence-corrected chi connectivity index (χ3v) is 3.42. The zero-order valence-electron chi connectivity index (χ0n) is 13.3. The van der Waals surface area contributed by atoms with E-state index in [1.807, 2.05) is 0 Å². The summed E-state index contributed by atoms with van der Waals surface area (Å²) in [6.07, 6.45) is 0.324. The standard InChI is InChI=1S/C14H17N4O6P/c1-2-11(19)15-7-8-16-13(20)12-14(24-25(21,22)23)18-10-6-4-3-5-9(10)17-12/h3-6H,2,7-8H2,1H3,(H,15,19)(H,16,20)(H2,21,22,23). The Morgan fingerprint density at radius 3 is 2.32 bits per heavy atom. The number of carbonyl (C=O) groups excluding carboxylic acids is 2. The molecule has 25 heavy (non-hydrogen) atoms. The number of benzene rings is 1. The lowest BCUT2D eigenvalue weighted by molar-refractivity contribution is -0.120. The van der Waals surface area contributed by atoms with Crippen molar-refractivity contribution in [2.75, 3.05) is 13.1 Å². The molecule has 0 saturated heterocycles. The lowest BCUT2D eigenvalue weighted by Crippen LogP contribution is -2.35. The highest BCUT2D eigenvalue weighted by atomic mass is 31.2. The molecule has 10 nitrogen and oxygen atoms in total. The number of rotatable bonds is 7. The third-order valence-electron chi connectivity index (χ3n) is 3.01. The second kappa shape index (κ2) is 8.02. The van der Waals surface area contributed by atoms with E-state index >= 15 is 0 Å². The van der Waals surface area contributed by atoms with Crippen molar-refractivity contribution in [2.24, 2.45) is 0 Å². The number of hydrogen-bond donors (Lipinski definition) is 4. The van der Waals surface area contributed by atoms with E-state index in [9.17, 15) is 14.2 Å². The Morgan fingerprint density at radius 1 is 1.12 bits per heavy atom. The van der Waals surface area contributed by atoms with Crippen molar-refractivity contribution in [2.45, 2.75) is 13.3 Å². The lowest BCUT2D eigenvalue weighted by atomic mass is 10.3. The van der Waals surface area contributed by atoms with E-state index in [0.717, 1.165) is 0 Å². The third kappa shape index (κ3) is 5.49. The summed E-state index contributed by atoms with van der Waals surface area (Å²) < 4.78 is 15.6. The summed E-state index contributed by atoms with van der Waals surface area (Å²) in [7, 11) is -4.92. The van der Waals surface area contributed by atoms with E-state index in [1.165, 1.54) is 0 Å². The number of carbonyl (C=O) groups is 2. The number of fused-ring (bicyclic) bond motifs is 1. The molecule has 0 fully saturated rings. The Kier molecular flexibility index (Phi) is 6.02. The molecule has 0 saturated carbocycles. The first kappa shape index (κ1) is 18.8. The Bertz CT molecular complexity index is 837. The summed E-state index contributed by atoms with van der Waals surface area (Å²) in [6, 6.07) is 6.51. The monoisotopic (exact) mass is 368 g/mol. The second-order valence-electron chi connectivity index (χ2n) is 4.91. The zero-order chi connectivity index (χ0) is 18.4. The van der Waals surface area contributed by atoms with Crippen molar-refractivity contribution in [1.82, 2.24) is 20.6 Å². The molecule has 2 rings (SSSR count). The number of nitrogens with zero attached hydrogens (tertiary/aromatic N) is 2. The molecule has 0 aliphatic heterocycles. The van der Waals surface area contributed by atoms with Crippen molar-refractivity contribution < 1.29 is 28.5 Å². The van der Waals surface area contributed by atoms with Gasteiger partial charge in [0.25, 0.3) is 11.8 Å². The first-order valence-electron chi connectivity index (χ1n) is 7.37. The molecule has 0 aliphatic carbocycles. The fraction of sp³-hybridized carbons (Fsp3) is 0.286. The van der Waals surface area contributed by atoms with Crippen LogP contribution in [-0.4, -0.2) is 44.7 Å². The number of phosphoric acid groups is 1. The molecule has 2 amide bonds. The molecule has 0 radical (unpaired) electrons. The summed E-state index contributed by atoms with van der Waals surface area (Å²) >= 11 is 0. The normalized spacial score (nSPS) is 11.2. The lowest BCUT2D eigenvalue weighted by Gasteiger charge is -2.11. The average molecular weight is 368 g/mol. The second-order valence-corrected chi connectivity index (χ2v) is 6.07. The van der Waals surface area contributed by atoms with E-state index in [2.05, 4.69) is 25.1 Å². The number of hydrogen-bond acceptors (Lipinski definition) is 6. The molecule has 0 bridgehead atoms. The molecule has 0 spiro atoms. The Labute approximate surface area is 142 Å². The molecule has 0 unspecified atom stereocenters. The Hall–Kier alpha value is -2.55. The summed E-state index contributed by atoms with van der Waals surface area (Å²) in [6.45, 7) is 2.01. The molecule has 1 aromatic carbocycles. The topological polar surface area (TPSA) is 151 Å². The van der Waals surface area contributed by atoms with E-state index in [1.54, 1.807) is 31.2 Å². The quantitative estimate of drug-likeness (QED) is 0.404.